The number of nitrogens with zero attached hydrogens (tertiary/aromatic N) is 1. The maximum absolute atomic E-state index is 13.4. The van der Waals surface area contributed by atoms with E-state index >= 15 is 0 Å². The molecule has 3 aromatic carbocycles. The van der Waals surface area contributed by atoms with Crippen LogP contribution in [0, 0.1) is 0 Å². The van der Waals surface area contributed by atoms with Crippen molar-refractivity contribution in [3.63, 3.8) is 0 Å². The summed E-state index contributed by atoms with van der Waals surface area (Å²) in [5.41, 5.74) is 1.96. The van der Waals surface area contributed by atoms with Gasteiger partial charge < -0.3 is 15.4 Å². The summed E-state index contributed by atoms with van der Waals surface area (Å²) in [7, 11) is 0. The number of halogens is 1. The maximum atomic E-state index is 13.4. The van der Waals surface area contributed by atoms with Gasteiger partial charge in [0.2, 0.25) is 11.8 Å². The van der Waals surface area contributed by atoms with Gasteiger partial charge in [0, 0.05) is 16.3 Å². The van der Waals surface area contributed by atoms with E-state index in [2.05, 4.69) is 10.6 Å². The van der Waals surface area contributed by atoms with E-state index in [1.807, 2.05) is 6.92 Å². The van der Waals surface area contributed by atoms with Crippen molar-refractivity contribution in [3.05, 3.63) is 83.4 Å². The quantitative estimate of drug-likeness (QED) is 0.553. The Balaban J connectivity index is 1.59. The second-order valence-electron chi connectivity index (χ2n) is 7.41. The Morgan fingerprint density at radius 3 is 2.42 bits per heavy atom. The van der Waals surface area contributed by atoms with Crippen molar-refractivity contribution in [1.29, 1.82) is 0 Å². The molecule has 8 heteroatoms. The van der Waals surface area contributed by atoms with Crippen LogP contribution in [0.5, 0.6) is 5.75 Å². The Morgan fingerprint density at radius 1 is 1.03 bits per heavy atom. The Hall–Kier alpha value is -3.84. The van der Waals surface area contributed by atoms with Gasteiger partial charge in [-0.2, -0.15) is 0 Å². The fraction of sp³-hybridized carbons (Fsp3) is 0.160. The van der Waals surface area contributed by atoms with Crippen LogP contribution in [0.4, 0.5) is 17.1 Å². The highest BCUT2D eigenvalue weighted by atomic mass is 35.5. The van der Waals surface area contributed by atoms with Gasteiger partial charge in [0.1, 0.15) is 11.8 Å². The zero-order chi connectivity index (χ0) is 23.4. The van der Waals surface area contributed by atoms with Gasteiger partial charge in [-0.3, -0.25) is 19.3 Å². The molecule has 3 amide bonds. The van der Waals surface area contributed by atoms with Crippen LogP contribution >= 0.6 is 11.6 Å². The van der Waals surface area contributed by atoms with Gasteiger partial charge in [0.25, 0.3) is 5.91 Å². The number of fused-ring (bicyclic) bond motifs is 1. The number of hydrogen-bond acceptors (Lipinski definition) is 4. The Morgan fingerprint density at radius 2 is 1.73 bits per heavy atom. The Bertz CT molecular complexity index is 1180. The summed E-state index contributed by atoms with van der Waals surface area (Å²) in [4.78, 5) is 40.6. The third-order valence-corrected chi connectivity index (χ3v) is 5.43. The molecule has 0 radical (unpaired) electrons. The molecule has 1 heterocycles. The molecule has 0 aliphatic carbocycles. The normalized spacial score (nSPS) is 14.8. The third kappa shape index (κ3) is 4.99. The van der Waals surface area contributed by atoms with Gasteiger partial charge in [-0.25, -0.2) is 0 Å². The molecule has 3 aromatic rings. The van der Waals surface area contributed by atoms with Crippen molar-refractivity contribution in [2.75, 3.05) is 22.1 Å². The number of rotatable bonds is 6. The van der Waals surface area contributed by atoms with Gasteiger partial charge in [-0.1, -0.05) is 23.7 Å². The lowest BCUT2D eigenvalue weighted by atomic mass is 10.0. The van der Waals surface area contributed by atoms with E-state index < -0.39 is 23.8 Å². The zero-order valence-electron chi connectivity index (χ0n) is 17.9. The van der Waals surface area contributed by atoms with Crippen LogP contribution in [-0.2, 0) is 9.59 Å². The van der Waals surface area contributed by atoms with Gasteiger partial charge in [0.05, 0.1) is 24.4 Å². The average Bonchev–Trinajstić information content (AvgIpc) is 2.81. The molecule has 0 bridgehead atoms. The van der Waals surface area contributed by atoms with E-state index in [1.54, 1.807) is 72.8 Å². The molecule has 33 heavy (non-hydrogen) atoms. The van der Waals surface area contributed by atoms with Crippen molar-refractivity contribution in [2.24, 2.45) is 0 Å². The number of carbonyl (C=O) groups is 3. The van der Waals surface area contributed by atoms with Gasteiger partial charge in [-0.15, -0.1) is 0 Å². The minimum atomic E-state index is -1.02. The first-order valence-electron chi connectivity index (χ1n) is 10.5. The van der Waals surface area contributed by atoms with Crippen LogP contribution < -0.4 is 20.3 Å². The molecule has 0 saturated heterocycles. The van der Waals surface area contributed by atoms with Crippen LogP contribution in [0.15, 0.2) is 72.8 Å². The van der Waals surface area contributed by atoms with Crippen LogP contribution in [0.3, 0.4) is 0 Å². The molecule has 2 N–H and O–H groups in total. The summed E-state index contributed by atoms with van der Waals surface area (Å²) >= 11 is 5.96. The van der Waals surface area contributed by atoms with Crippen molar-refractivity contribution in [3.8, 4) is 5.75 Å². The molecular weight excluding hydrogens is 442 g/mol. The molecule has 1 atom stereocenters. The molecule has 0 aromatic heterocycles. The molecule has 0 unspecified atom stereocenters. The van der Waals surface area contributed by atoms with Gasteiger partial charge >= 0.3 is 0 Å². The topological polar surface area (TPSA) is 87.7 Å². The van der Waals surface area contributed by atoms with E-state index in [9.17, 15) is 14.4 Å². The predicted octanol–water partition coefficient (Wildman–Crippen LogP) is 4.74. The van der Waals surface area contributed by atoms with Crippen molar-refractivity contribution >= 4 is 46.4 Å². The average molecular weight is 464 g/mol. The number of amides is 3. The van der Waals surface area contributed by atoms with Crippen LogP contribution in [0.2, 0.25) is 5.02 Å². The summed E-state index contributed by atoms with van der Waals surface area (Å²) in [6.07, 6.45) is -0.216. The number of hydrogen-bond donors (Lipinski definition) is 2. The molecule has 0 fully saturated rings. The minimum Gasteiger partial charge on any atom is -0.494 e. The molecule has 0 spiro atoms. The van der Waals surface area contributed by atoms with Crippen LogP contribution in [0.1, 0.15) is 23.7 Å². The number of benzene rings is 3. The first-order chi connectivity index (χ1) is 16.0. The number of nitrogens with one attached hydrogen (secondary N) is 2. The fourth-order valence-corrected chi connectivity index (χ4v) is 3.77. The zero-order valence-corrected chi connectivity index (χ0v) is 18.6. The standard InChI is InChI=1S/C25H22ClN3O4/c1-2-33-19-13-11-18(12-14-19)27-23(30)15-22-24(31)28-20-5-3-4-6-21(20)29(22)25(32)16-7-9-17(26)10-8-16/h3-14,22H,2,15H2,1H3,(H,27,30)(H,28,31)/t22-/m1/s1. The van der Waals surface area contributed by atoms with E-state index in [0.717, 1.165) is 0 Å². The summed E-state index contributed by atoms with van der Waals surface area (Å²) in [5, 5.41) is 6.07. The SMILES string of the molecule is CCOc1ccc(NC(=O)C[C@@H]2C(=O)Nc3ccccc3N2C(=O)c2ccc(Cl)cc2)cc1. The Kier molecular flexibility index (Phi) is 6.60. The molecule has 0 saturated carbocycles. The van der Waals surface area contributed by atoms with E-state index in [1.165, 1.54) is 4.90 Å². The fourth-order valence-electron chi connectivity index (χ4n) is 3.65. The first-order valence-corrected chi connectivity index (χ1v) is 10.9. The monoisotopic (exact) mass is 463 g/mol. The summed E-state index contributed by atoms with van der Waals surface area (Å²) < 4.78 is 5.41. The van der Waals surface area contributed by atoms with Gasteiger partial charge in [0.15, 0.2) is 0 Å². The van der Waals surface area contributed by atoms with Crippen molar-refractivity contribution < 1.29 is 19.1 Å². The van der Waals surface area contributed by atoms with Gasteiger partial charge in [-0.05, 0) is 67.6 Å². The number of ether oxygens (including phenoxy) is 1. The maximum Gasteiger partial charge on any atom is 0.259 e. The summed E-state index contributed by atoms with van der Waals surface area (Å²) in [5.74, 6) is -0.531. The second-order valence-corrected chi connectivity index (χ2v) is 7.85. The van der Waals surface area contributed by atoms with Crippen LogP contribution in [0.25, 0.3) is 0 Å². The molecule has 7 nitrogen and oxygen atoms in total. The lowest BCUT2D eigenvalue weighted by molar-refractivity contribution is -0.122. The third-order valence-electron chi connectivity index (χ3n) is 5.17. The highest BCUT2D eigenvalue weighted by molar-refractivity contribution is 6.30. The lowest BCUT2D eigenvalue weighted by Crippen LogP contribution is -2.52. The van der Waals surface area contributed by atoms with Crippen molar-refractivity contribution in [2.45, 2.75) is 19.4 Å². The highest BCUT2D eigenvalue weighted by Crippen LogP contribution is 2.34. The van der Waals surface area contributed by atoms with Crippen LogP contribution in [-0.4, -0.2) is 30.4 Å². The lowest BCUT2D eigenvalue weighted by Gasteiger charge is -2.36. The molecule has 1 aliphatic rings. The molecule has 4 rings (SSSR count). The summed E-state index contributed by atoms with van der Waals surface area (Å²) in [6, 6.07) is 19.3. The molecule has 1 aliphatic heterocycles. The van der Waals surface area contributed by atoms with E-state index in [-0.39, 0.29) is 6.42 Å². The predicted molar refractivity (Wildman–Crippen MR) is 128 cm³/mol. The van der Waals surface area contributed by atoms with E-state index in [4.69, 9.17) is 16.3 Å². The molecule has 168 valence electrons. The Labute approximate surface area is 196 Å². The number of para-hydroxylation sites is 2. The smallest absolute Gasteiger partial charge is 0.259 e. The highest BCUT2D eigenvalue weighted by Gasteiger charge is 2.38. The first kappa shape index (κ1) is 22.4. The summed E-state index contributed by atoms with van der Waals surface area (Å²) in [6.45, 7) is 2.43. The minimum absolute atomic E-state index is 0.216. The van der Waals surface area contributed by atoms with E-state index in [0.29, 0.717) is 40.0 Å². The second kappa shape index (κ2) is 9.75. The molecular formula is C25H22ClN3O4. The number of carbonyl (C=O) groups excluding carboxylic acids is 3. The largest absolute Gasteiger partial charge is 0.494 e. The van der Waals surface area contributed by atoms with Crippen molar-refractivity contribution in [1.82, 2.24) is 0 Å². The number of anilines is 3.